The van der Waals surface area contributed by atoms with E-state index in [1.165, 1.54) is 0 Å². The average Bonchev–Trinajstić information content (AvgIpc) is 3.00. The third kappa shape index (κ3) is 1.89. The molecule has 0 aliphatic rings. The zero-order chi connectivity index (χ0) is 14.2. The van der Waals surface area contributed by atoms with E-state index in [-0.39, 0.29) is 5.75 Å². The van der Waals surface area contributed by atoms with Gasteiger partial charge in [0, 0.05) is 5.39 Å². The van der Waals surface area contributed by atoms with Gasteiger partial charge in [-0.25, -0.2) is 4.98 Å². The summed E-state index contributed by atoms with van der Waals surface area (Å²) in [6, 6.07) is 16.8. The van der Waals surface area contributed by atoms with E-state index in [0.29, 0.717) is 11.5 Å². The van der Waals surface area contributed by atoms with Gasteiger partial charge in [-0.05, 0) is 30.3 Å². The summed E-state index contributed by atoms with van der Waals surface area (Å²) in [6.07, 6.45) is 1.65. The third-order valence-electron chi connectivity index (χ3n) is 3.46. The molecule has 2 N–H and O–H groups in total. The van der Waals surface area contributed by atoms with Crippen molar-refractivity contribution in [1.82, 2.24) is 4.98 Å². The first kappa shape index (κ1) is 11.8. The lowest BCUT2D eigenvalue weighted by molar-refractivity contribution is 0.478. The normalized spacial score (nSPS) is 11.0. The van der Waals surface area contributed by atoms with Crippen molar-refractivity contribution in [2.45, 2.75) is 0 Å². The summed E-state index contributed by atoms with van der Waals surface area (Å²) in [6.45, 7) is 0. The number of fused-ring (bicyclic) bond motifs is 3. The number of phenols is 1. The number of pyridine rings is 1. The Kier molecular flexibility index (Phi) is 2.54. The molecule has 2 aromatic carbocycles. The largest absolute Gasteiger partial charge is 0.506 e. The van der Waals surface area contributed by atoms with Crippen molar-refractivity contribution in [1.29, 1.82) is 0 Å². The summed E-state index contributed by atoms with van der Waals surface area (Å²) in [7, 11) is 0. The van der Waals surface area contributed by atoms with E-state index < -0.39 is 0 Å². The van der Waals surface area contributed by atoms with Crippen molar-refractivity contribution in [3.8, 4) is 5.75 Å². The van der Waals surface area contributed by atoms with Gasteiger partial charge in [0.25, 0.3) is 0 Å². The van der Waals surface area contributed by atoms with E-state index in [2.05, 4.69) is 10.3 Å². The highest BCUT2D eigenvalue weighted by Gasteiger charge is 2.11. The van der Waals surface area contributed by atoms with Crippen LogP contribution in [0.2, 0.25) is 0 Å². The molecule has 0 bridgehead atoms. The summed E-state index contributed by atoms with van der Waals surface area (Å²) in [5.74, 6) is 0.850. The highest BCUT2D eigenvalue weighted by molar-refractivity contribution is 6.07. The molecule has 0 aliphatic carbocycles. The van der Waals surface area contributed by atoms with Gasteiger partial charge < -0.3 is 14.8 Å². The molecule has 102 valence electrons. The maximum absolute atomic E-state index is 9.89. The van der Waals surface area contributed by atoms with Crippen LogP contribution in [0.25, 0.3) is 21.9 Å². The predicted molar refractivity (Wildman–Crippen MR) is 82.9 cm³/mol. The minimum absolute atomic E-state index is 0.184. The molecule has 4 rings (SSSR count). The van der Waals surface area contributed by atoms with Crippen molar-refractivity contribution in [2.75, 3.05) is 5.32 Å². The van der Waals surface area contributed by atoms with Crippen LogP contribution in [0.4, 0.5) is 11.5 Å². The van der Waals surface area contributed by atoms with E-state index in [1.807, 2.05) is 36.4 Å². The fourth-order valence-corrected chi connectivity index (χ4v) is 2.45. The fraction of sp³-hybridized carbons (Fsp3) is 0. The molecule has 0 spiro atoms. The van der Waals surface area contributed by atoms with Gasteiger partial charge in [-0.2, -0.15) is 0 Å². The van der Waals surface area contributed by atoms with Crippen LogP contribution < -0.4 is 5.32 Å². The summed E-state index contributed by atoms with van der Waals surface area (Å²) in [4.78, 5) is 4.63. The first-order valence-electron chi connectivity index (χ1n) is 6.64. The standard InChI is InChI=1S/C17H12N2O2/c20-15-8-4-3-7-14(15)19-17-12-9-10-21-16(12)11-5-1-2-6-13(11)18-17/h1-10,20H,(H,18,19). The van der Waals surface area contributed by atoms with Crippen molar-refractivity contribution in [2.24, 2.45) is 0 Å². The number of para-hydroxylation sites is 3. The van der Waals surface area contributed by atoms with E-state index in [1.54, 1.807) is 24.5 Å². The number of aromatic nitrogens is 1. The Morgan fingerprint density at radius 2 is 1.71 bits per heavy atom. The van der Waals surface area contributed by atoms with E-state index in [9.17, 15) is 5.11 Å². The van der Waals surface area contributed by atoms with Gasteiger partial charge in [-0.3, -0.25) is 0 Å². The number of hydrogen-bond donors (Lipinski definition) is 2. The van der Waals surface area contributed by atoms with E-state index in [0.717, 1.165) is 21.9 Å². The Morgan fingerprint density at radius 3 is 2.62 bits per heavy atom. The molecule has 0 unspecified atom stereocenters. The van der Waals surface area contributed by atoms with Crippen LogP contribution in [-0.4, -0.2) is 10.1 Å². The zero-order valence-electron chi connectivity index (χ0n) is 11.1. The molecular formula is C17H12N2O2. The number of aromatic hydroxyl groups is 1. The molecule has 0 amide bonds. The number of hydrogen-bond acceptors (Lipinski definition) is 4. The summed E-state index contributed by atoms with van der Waals surface area (Å²) in [5, 5.41) is 14.9. The monoisotopic (exact) mass is 276 g/mol. The summed E-state index contributed by atoms with van der Waals surface area (Å²) >= 11 is 0. The first-order chi connectivity index (χ1) is 10.3. The number of furan rings is 1. The number of nitrogens with zero attached hydrogens (tertiary/aromatic N) is 1. The number of phenolic OH excluding ortho intramolecular Hbond substituents is 1. The Morgan fingerprint density at radius 1 is 0.905 bits per heavy atom. The maximum Gasteiger partial charge on any atom is 0.146 e. The van der Waals surface area contributed by atoms with Crippen LogP contribution >= 0.6 is 0 Å². The smallest absolute Gasteiger partial charge is 0.146 e. The third-order valence-corrected chi connectivity index (χ3v) is 3.46. The van der Waals surface area contributed by atoms with Crippen molar-refractivity contribution in [3.63, 3.8) is 0 Å². The van der Waals surface area contributed by atoms with Crippen LogP contribution in [0.5, 0.6) is 5.75 Å². The van der Waals surface area contributed by atoms with Gasteiger partial charge in [-0.1, -0.05) is 24.3 Å². The minimum atomic E-state index is 0.184. The maximum atomic E-state index is 9.89. The molecule has 0 atom stereocenters. The molecule has 0 saturated carbocycles. The van der Waals surface area contributed by atoms with Crippen molar-refractivity contribution < 1.29 is 9.52 Å². The first-order valence-corrected chi connectivity index (χ1v) is 6.64. The van der Waals surface area contributed by atoms with Gasteiger partial charge in [0.2, 0.25) is 0 Å². The topological polar surface area (TPSA) is 58.3 Å². The van der Waals surface area contributed by atoms with Gasteiger partial charge in [-0.15, -0.1) is 0 Å². The molecule has 4 heteroatoms. The number of rotatable bonds is 2. The number of nitrogens with one attached hydrogen (secondary N) is 1. The van der Waals surface area contributed by atoms with Crippen LogP contribution in [0.1, 0.15) is 0 Å². The van der Waals surface area contributed by atoms with Crippen LogP contribution in [-0.2, 0) is 0 Å². The number of anilines is 2. The lowest BCUT2D eigenvalue weighted by atomic mass is 10.1. The molecule has 0 fully saturated rings. The van der Waals surface area contributed by atoms with Crippen LogP contribution in [0.15, 0.2) is 65.3 Å². The molecule has 2 aromatic heterocycles. The van der Waals surface area contributed by atoms with Crippen molar-refractivity contribution >= 4 is 33.4 Å². The SMILES string of the molecule is Oc1ccccc1Nc1nc2ccccc2c2occc12. The average molecular weight is 276 g/mol. The Hall–Kier alpha value is -3.01. The molecule has 0 saturated heterocycles. The van der Waals surface area contributed by atoms with Gasteiger partial charge >= 0.3 is 0 Å². The second-order valence-electron chi connectivity index (χ2n) is 4.78. The molecule has 4 aromatic rings. The molecular weight excluding hydrogens is 264 g/mol. The second kappa shape index (κ2) is 4.52. The molecule has 4 nitrogen and oxygen atoms in total. The second-order valence-corrected chi connectivity index (χ2v) is 4.78. The van der Waals surface area contributed by atoms with Gasteiger partial charge in [0.1, 0.15) is 17.2 Å². The Bertz CT molecular complexity index is 944. The van der Waals surface area contributed by atoms with Crippen LogP contribution in [0.3, 0.4) is 0 Å². The predicted octanol–water partition coefficient (Wildman–Crippen LogP) is 4.43. The fourth-order valence-electron chi connectivity index (χ4n) is 2.45. The van der Waals surface area contributed by atoms with Gasteiger partial charge in [0.05, 0.1) is 22.9 Å². The molecule has 0 radical (unpaired) electrons. The van der Waals surface area contributed by atoms with E-state index >= 15 is 0 Å². The Balaban J connectivity index is 1.95. The quantitative estimate of drug-likeness (QED) is 0.532. The molecule has 0 aliphatic heterocycles. The lowest BCUT2D eigenvalue weighted by Gasteiger charge is -2.09. The van der Waals surface area contributed by atoms with Gasteiger partial charge in [0.15, 0.2) is 0 Å². The molecule has 2 heterocycles. The summed E-state index contributed by atoms with van der Waals surface area (Å²) in [5.41, 5.74) is 2.25. The lowest BCUT2D eigenvalue weighted by Crippen LogP contribution is -1.95. The van der Waals surface area contributed by atoms with Crippen molar-refractivity contribution in [3.05, 3.63) is 60.9 Å². The highest BCUT2D eigenvalue weighted by Crippen LogP contribution is 2.33. The summed E-state index contributed by atoms with van der Waals surface area (Å²) < 4.78 is 5.60. The Labute approximate surface area is 120 Å². The van der Waals surface area contributed by atoms with Crippen LogP contribution in [0, 0.1) is 0 Å². The molecule has 21 heavy (non-hydrogen) atoms. The number of benzene rings is 2. The zero-order valence-corrected chi connectivity index (χ0v) is 11.1. The van der Waals surface area contributed by atoms with E-state index in [4.69, 9.17) is 4.42 Å². The highest BCUT2D eigenvalue weighted by atomic mass is 16.3. The minimum Gasteiger partial charge on any atom is -0.506 e.